The molecule has 0 bridgehead atoms. The normalized spacial score (nSPS) is 13.4. The highest BCUT2D eigenvalue weighted by Crippen LogP contribution is 2.20. The number of rotatable bonds is 18. The van der Waals surface area contributed by atoms with Gasteiger partial charge in [-0.3, -0.25) is 24.0 Å². The van der Waals surface area contributed by atoms with Crippen LogP contribution in [0.3, 0.4) is 0 Å². The SMILES string of the molecule is CC(C)C[C@H](NC(=O)OCc1ccccc1)C(=O)C[C@@H](CC(=O)OC(C)(C)C)C(=O)N[C@@H](CCC(=O)OC(C)(C)C)C(=O)Cc1ccccc1. The summed E-state index contributed by atoms with van der Waals surface area (Å²) in [6, 6.07) is 15.9. The number of benzene rings is 2. The van der Waals surface area contributed by atoms with Crippen LogP contribution in [-0.4, -0.2) is 58.8 Å². The van der Waals surface area contributed by atoms with Crippen LogP contribution in [0, 0.1) is 11.8 Å². The molecule has 0 spiro atoms. The number of carbonyl (C=O) groups is 6. The predicted molar refractivity (Wildman–Crippen MR) is 189 cm³/mol. The fraction of sp³-hybridized carbons (Fsp3) is 0.538. The van der Waals surface area contributed by atoms with Crippen LogP contribution in [0.5, 0.6) is 0 Å². The zero-order valence-electron chi connectivity index (χ0n) is 30.7. The van der Waals surface area contributed by atoms with Crippen molar-refractivity contribution in [2.24, 2.45) is 11.8 Å². The number of alkyl carbamates (subject to hydrolysis) is 1. The zero-order valence-corrected chi connectivity index (χ0v) is 30.7. The summed E-state index contributed by atoms with van der Waals surface area (Å²) < 4.78 is 16.2. The lowest BCUT2D eigenvalue weighted by molar-refractivity contribution is -0.157. The average Bonchev–Trinajstić information content (AvgIpc) is 3.00. The van der Waals surface area contributed by atoms with E-state index in [4.69, 9.17) is 14.2 Å². The van der Waals surface area contributed by atoms with Crippen LogP contribution in [0.15, 0.2) is 60.7 Å². The smallest absolute Gasteiger partial charge is 0.408 e. The number of ketones is 2. The highest BCUT2D eigenvalue weighted by Gasteiger charge is 2.34. The molecule has 274 valence electrons. The minimum Gasteiger partial charge on any atom is -0.460 e. The van der Waals surface area contributed by atoms with E-state index in [-0.39, 0.29) is 44.0 Å². The molecule has 50 heavy (non-hydrogen) atoms. The molecule has 0 radical (unpaired) electrons. The van der Waals surface area contributed by atoms with Crippen molar-refractivity contribution in [1.29, 1.82) is 0 Å². The predicted octanol–water partition coefficient (Wildman–Crippen LogP) is 6.05. The lowest BCUT2D eigenvalue weighted by Crippen LogP contribution is -2.47. The van der Waals surface area contributed by atoms with Gasteiger partial charge >= 0.3 is 18.0 Å². The molecule has 0 heterocycles. The molecule has 0 saturated carbocycles. The van der Waals surface area contributed by atoms with Gasteiger partial charge in [0.15, 0.2) is 11.6 Å². The van der Waals surface area contributed by atoms with Gasteiger partial charge in [-0.15, -0.1) is 0 Å². The molecular formula is C39H54N2O9. The Balaban J connectivity index is 2.30. The van der Waals surface area contributed by atoms with E-state index in [1.54, 1.807) is 77.9 Å². The monoisotopic (exact) mass is 694 g/mol. The quantitative estimate of drug-likeness (QED) is 0.140. The van der Waals surface area contributed by atoms with Crippen molar-refractivity contribution < 1.29 is 43.0 Å². The van der Waals surface area contributed by atoms with Gasteiger partial charge in [0.25, 0.3) is 0 Å². The Morgan fingerprint density at radius 1 is 0.660 bits per heavy atom. The number of esters is 2. The largest absolute Gasteiger partial charge is 0.460 e. The standard InChI is InChI=1S/C39H54N2O9/c1-26(2)21-31(41-37(47)48-25-28-17-13-10-14-18-28)33(43)23-29(24-35(45)50-39(6,7)8)36(46)40-30(19-20-34(44)49-38(3,4)5)32(42)22-27-15-11-9-12-16-27/h9-18,26,29-31H,19-25H2,1-8H3,(H,40,46)(H,41,47)/t29-,30-,31-/m0/s1. The number of hydrogen-bond donors (Lipinski definition) is 2. The van der Waals surface area contributed by atoms with Crippen LogP contribution >= 0.6 is 0 Å². The minimum atomic E-state index is -1.23. The molecule has 2 rings (SSSR count). The summed E-state index contributed by atoms with van der Waals surface area (Å²) in [5, 5.41) is 5.35. The molecule has 3 atom stereocenters. The van der Waals surface area contributed by atoms with E-state index >= 15 is 0 Å². The van der Waals surface area contributed by atoms with Crippen LogP contribution in [-0.2, 0) is 51.2 Å². The first-order valence-corrected chi connectivity index (χ1v) is 17.1. The maximum atomic E-state index is 13.9. The van der Waals surface area contributed by atoms with Crippen molar-refractivity contribution in [3.05, 3.63) is 71.8 Å². The Hall–Kier alpha value is -4.54. The third kappa shape index (κ3) is 17.2. The van der Waals surface area contributed by atoms with Gasteiger partial charge in [-0.25, -0.2) is 4.79 Å². The van der Waals surface area contributed by atoms with Crippen LogP contribution in [0.4, 0.5) is 4.79 Å². The van der Waals surface area contributed by atoms with Crippen LogP contribution in [0.2, 0.25) is 0 Å². The van der Waals surface area contributed by atoms with Gasteiger partial charge in [0.05, 0.1) is 24.4 Å². The second kappa shape index (κ2) is 19.6. The second-order valence-electron chi connectivity index (χ2n) is 14.9. The number of carbonyl (C=O) groups excluding carboxylic acids is 6. The van der Waals surface area contributed by atoms with Crippen molar-refractivity contribution in [2.75, 3.05) is 0 Å². The fourth-order valence-corrected chi connectivity index (χ4v) is 5.05. The lowest BCUT2D eigenvalue weighted by atomic mass is 9.90. The number of Topliss-reactive ketones (excluding diaryl/α,β-unsaturated/α-hetero) is 2. The van der Waals surface area contributed by atoms with E-state index in [0.717, 1.165) is 11.1 Å². The first-order valence-electron chi connectivity index (χ1n) is 17.1. The Kier molecular flexibility index (Phi) is 16.3. The molecule has 0 saturated heterocycles. The Morgan fingerprint density at radius 3 is 1.74 bits per heavy atom. The van der Waals surface area contributed by atoms with Gasteiger partial charge in [-0.05, 0) is 71.4 Å². The van der Waals surface area contributed by atoms with Gasteiger partial charge in [0.2, 0.25) is 5.91 Å². The van der Waals surface area contributed by atoms with E-state index in [0.29, 0.717) is 0 Å². The third-order valence-electron chi connectivity index (χ3n) is 7.24. The maximum absolute atomic E-state index is 13.9. The molecule has 0 aliphatic carbocycles. The average molecular weight is 695 g/mol. The van der Waals surface area contributed by atoms with Crippen molar-refractivity contribution in [2.45, 2.75) is 124 Å². The summed E-state index contributed by atoms with van der Waals surface area (Å²) in [5.74, 6) is -4.05. The molecule has 2 aromatic carbocycles. The van der Waals surface area contributed by atoms with Crippen molar-refractivity contribution in [1.82, 2.24) is 10.6 Å². The van der Waals surface area contributed by atoms with E-state index in [2.05, 4.69) is 10.6 Å². The first kappa shape index (κ1) is 41.6. The summed E-state index contributed by atoms with van der Waals surface area (Å²) in [7, 11) is 0. The van der Waals surface area contributed by atoms with Crippen molar-refractivity contribution >= 4 is 35.5 Å². The van der Waals surface area contributed by atoms with E-state index in [1.807, 2.05) is 38.1 Å². The van der Waals surface area contributed by atoms with Gasteiger partial charge in [0, 0.05) is 19.3 Å². The number of amides is 2. The molecule has 2 aromatic rings. The molecule has 0 fully saturated rings. The number of nitrogens with one attached hydrogen (secondary N) is 2. The lowest BCUT2D eigenvalue weighted by Gasteiger charge is -2.26. The molecular weight excluding hydrogens is 640 g/mol. The van der Waals surface area contributed by atoms with Crippen LogP contribution in [0.25, 0.3) is 0 Å². The Morgan fingerprint density at radius 2 is 1.20 bits per heavy atom. The number of ether oxygens (including phenoxy) is 3. The molecule has 0 aliphatic heterocycles. The molecule has 11 nitrogen and oxygen atoms in total. The topological polar surface area (TPSA) is 154 Å². The number of hydrogen-bond acceptors (Lipinski definition) is 9. The zero-order chi connectivity index (χ0) is 37.5. The second-order valence-corrected chi connectivity index (χ2v) is 14.9. The molecule has 0 aromatic heterocycles. The maximum Gasteiger partial charge on any atom is 0.408 e. The van der Waals surface area contributed by atoms with Crippen LogP contribution < -0.4 is 10.6 Å². The fourth-order valence-electron chi connectivity index (χ4n) is 5.05. The van der Waals surface area contributed by atoms with Gasteiger partial charge in [0.1, 0.15) is 17.8 Å². The molecule has 0 unspecified atom stereocenters. The van der Waals surface area contributed by atoms with Crippen molar-refractivity contribution in [3.63, 3.8) is 0 Å². The summed E-state index contributed by atoms with van der Waals surface area (Å²) in [4.78, 5) is 79.5. The van der Waals surface area contributed by atoms with Gasteiger partial charge in [-0.2, -0.15) is 0 Å². The van der Waals surface area contributed by atoms with Gasteiger partial charge < -0.3 is 24.8 Å². The third-order valence-corrected chi connectivity index (χ3v) is 7.24. The molecule has 2 N–H and O–H groups in total. The highest BCUT2D eigenvalue weighted by molar-refractivity contribution is 5.96. The Bertz CT molecular complexity index is 1430. The summed E-state index contributed by atoms with van der Waals surface area (Å²) >= 11 is 0. The van der Waals surface area contributed by atoms with Crippen LogP contribution in [0.1, 0.15) is 98.6 Å². The molecule has 2 amide bonds. The van der Waals surface area contributed by atoms with Crippen molar-refractivity contribution in [3.8, 4) is 0 Å². The molecule has 11 heteroatoms. The highest BCUT2D eigenvalue weighted by atomic mass is 16.6. The summed E-state index contributed by atoms with van der Waals surface area (Å²) in [6.45, 7) is 14.0. The molecule has 0 aliphatic rings. The van der Waals surface area contributed by atoms with E-state index < -0.39 is 71.8 Å². The first-order chi connectivity index (χ1) is 23.3. The van der Waals surface area contributed by atoms with Gasteiger partial charge in [-0.1, -0.05) is 74.5 Å². The summed E-state index contributed by atoms with van der Waals surface area (Å²) in [5.41, 5.74) is -0.103. The van der Waals surface area contributed by atoms with E-state index in [9.17, 15) is 28.8 Å². The summed E-state index contributed by atoms with van der Waals surface area (Å²) in [6.07, 6.45) is -1.63. The minimum absolute atomic E-state index is 0.000626. The van der Waals surface area contributed by atoms with E-state index in [1.165, 1.54) is 0 Å². The Labute approximate surface area is 296 Å².